The number of nitrogens with one attached hydrogen (secondary N) is 1. The highest BCUT2D eigenvalue weighted by Crippen LogP contribution is 2.09. The van der Waals surface area contributed by atoms with Gasteiger partial charge in [0.15, 0.2) is 0 Å². The molecule has 1 saturated heterocycles. The Balaban J connectivity index is 2.41. The standard InChI is InChI=1S/C14H27N3O3/c1-4-12(13(18)19)16(3)14(20)15-11(2)10-17-8-6-5-7-9-17/h11-12H,4-10H2,1-3H3,(H,15,20)(H,18,19). The van der Waals surface area contributed by atoms with Crippen molar-refractivity contribution in [1.29, 1.82) is 0 Å². The topological polar surface area (TPSA) is 72.9 Å². The van der Waals surface area contributed by atoms with Crippen LogP contribution >= 0.6 is 0 Å². The third-order valence-electron chi connectivity index (χ3n) is 3.81. The van der Waals surface area contributed by atoms with Gasteiger partial charge in [-0.15, -0.1) is 0 Å². The number of amides is 2. The lowest BCUT2D eigenvalue weighted by atomic mass is 10.1. The van der Waals surface area contributed by atoms with E-state index in [9.17, 15) is 9.59 Å². The summed E-state index contributed by atoms with van der Waals surface area (Å²) in [5.74, 6) is -0.964. The van der Waals surface area contributed by atoms with Crippen LogP contribution in [0.25, 0.3) is 0 Å². The van der Waals surface area contributed by atoms with E-state index in [1.807, 2.05) is 6.92 Å². The van der Waals surface area contributed by atoms with Gasteiger partial charge in [-0.25, -0.2) is 9.59 Å². The Morgan fingerprint density at radius 2 is 1.90 bits per heavy atom. The van der Waals surface area contributed by atoms with Crippen LogP contribution < -0.4 is 5.32 Å². The second kappa shape index (κ2) is 8.09. The fourth-order valence-corrected chi connectivity index (χ4v) is 2.64. The maximum absolute atomic E-state index is 12.0. The highest BCUT2D eigenvalue weighted by molar-refractivity contribution is 5.82. The molecule has 2 amide bonds. The van der Waals surface area contributed by atoms with Gasteiger partial charge in [-0.2, -0.15) is 0 Å². The minimum Gasteiger partial charge on any atom is -0.480 e. The molecule has 1 aliphatic heterocycles. The number of urea groups is 1. The van der Waals surface area contributed by atoms with Gasteiger partial charge in [-0.05, 0) is 39.3 Å². The highest BCUT2D eigenvalue weighted by atomic mass is 16.4. The van der Waals surface area contributed by atoms with Crippen LogP contribution in [0.2, 0.25) is 0 Å². The van der Waals surface area contributed by atoms with Gasteiger partial charge in [0, 0.05) is 19.6 Å². The molecule has 6 nitrogen and oxygen atoms in total. The van der Waals surface area contributed by atoms with Gasteiger partial charge in [0.1, 0.15) is 6.04 Å². The third-order valence-corrected chi connectivity index (χ3v) is 3.81. The maximum Gasteiger partial charge on any atom is 0.326 e. The number of carbonyl (C=O) groups excluding carboxylic acids is 1. The van der Waals surface area contributed by atoms with Crippen molar-refractivity contribution in [1.82, 2.24) is 15.1 Å². The number of carboxylic acid groups (broad SMARTS) is 1. The molecular formula is C14H27N3O3. The first kappa shape index (κ1) is 16.8. The minimum atomic E-state index is -0.964. The molecule has 0 aromatic rings. The Morgan fingerprint density at radius 3 is 2.40 bits per heavy atom. The number of nitrogens with zero attached hydrogens (tertiary/aromatic N) is 2. The van der Waals surface area contributed by atoms with Gasteiger partial charge < -0.3 is 20.2 Å². The van der Waals surface area contributed by atoms with Crippen LogP contribution in [0.3, 0.4) is 0 Å². The molecule has 1 heterocycles. The summed E-state index contributed by atoms with van der Waals surface area (Å²) in [5, 5.41) is 11.9. The molecule has 2 unspecified atom stereocenters. The molecule has 0 saturated carbocycles. The summed E-state index contributed by atoms with van der Waals surface area (Å²) in [5.41, 5.74) is 0. The highest BCUT2D eigenvalue weighted by Gasteiger charge is 2.25. The number of likely N-dealkylation sites (N-methyl/N-ethyl adjacent to an activating group) is 1. The SMILES string of the molecule is CCC(C(=O)O)N(C)C(=O)NC(C)CN1CCCCC1. The lowest BCUT2D eigenvalue weighted by Crippen LogP contribution is -2.51. The Morgan fingerprint density at radius 1 is 1.30 bits per heavy atom. The quantitative estimate of drug-likeness (QED) is 0.773. The van der Waals surface area contributed by atoms with Gasteiger partial charge >= 0.3 is 12.0 Å². The molecule has 0 spiro atoms. The zero-order valence-electron chi connectivity index (χ0n) is 12.8. The number of carbonyl (C=O) groups is 2. The van der Waals surface area contributed by atoms with Crippen LogP contribution in [0, 0.1) is 0 Å². The molecule has 1 aliphatic rings. The van der Waals surface area contributed by atoms with Crippen molar-refractivity contribution in [2.24, 2.45) is 0 Å². The summed E-state index contributed by atoms with van der Waals surface area (Å²) < 4.78 is 0. The Hall–Kier alpha value is -1.30. The zero-order valence-corrected chi connectivity index (χ0v) is 12.8. The molecule has 0 bridgehead atoms. The second-order valence-electron chi connectivity index (χ2n) is 5.58. The van der Waals surface area contributed by atoms with Crippen LogP contribution in [-0.4, -0.2) is 65.7 Å². The largest absolute Gasteiger partial charge is 0.480 e. The monoisotopic (exact) mass is 285 g/mol. The van der Waals surface area contributed by atoms with E-state index in [0.717, 1.165) is 19.6 Å². The van der Waals surface area contributed by atoms with Crippen LogP contribution in [0.15, 0.2) is 0 Å². The average Bonchev–Trinajstić information content (AvgIpc) is 2.39. The molecule has 2 atom stereocenters. The fourth-order valence-electron chi connectivity index (χ4n) is 2.64. The molecule has 2 N–H and O–H groups in total. The molecule has 116 valence electrons. The molecule has 1 rings (SSSR count). The van der Waals surface area contributed by atoms with E-state index in [1.165, 1.54) is 31.2 Å². The minimum absolute atomic E-state index is 0.0225. The van der Waals surface area contributed by atoms with E-state index in [4.69, 9.17) is 5.11 Å². The van der Waals surface area contributed by atoms with E-state index in [-0.39, 0.29) is 12.1 Å². The third kappa shape index (κ3) is 5.00. The van der Waals surface area contributed by atoms with Crippen LogP contribution in [0.4, 0.5) is 4.79 Å². The Bertz CT molecular complexity index is 330. The number of hydrogen-bond acceptors (Lipinski definition) is 3. The van der Waals surface area contributed by atoms with Crippen molar-refractivity contribution in [2.45, 2.75) is 51.6 Å². The number of aliphatic carboxylic acids is 1. The Kier molecular flexibility index (Phi) is 6.78. The van der Waals surface area contributed by atoms with Gasteiger partial charge in [0.25, 0.3) is 0 Å². The van der Waals surface area contributed by atoms with E-state index < -0.39 is 12.0 Å². The van der Waals surface area contributed by atoms with Gasteiger partial charge in [0.2, 0.25) is 0 Å². The molecule has 1 fully saturated rings. The van der Waals surface area contributed by atoms with E-state index >= 15 is 0 Å². The lowest BCUT2D eigenvalue weighted by molar-refractivity contribution is -0.141. The van der Waals surface area contributed by atoms with Crippen LogP contribution in [-0.2, 0) is 4.79 Å². The van der Waals surface area contributed by atoms with Gasteiger partial charge in [-0.1, -0.05) is 13.3 Å². The molecule has 0 aromatic heterocycles. The smallest absolute Gasteiger partial charge is 0.326 e. The molecule has 0 aliphatic carbocycles. The maximum atomic E-state index is 12.0. The lowest BCUT2D eigenvalue weighted by Gasteiger charge is -2.31. The number of hydrogen-bond donors (Lipinski definition) is 2. The fraction of sp³-hybridized carbons (Fsp3) is 0.857. The number of piperidine rings is 1. The number of likely N-dealkylation sites (tertiary alicyclic amines) is 1. The van der Waals surface area contributed by atoms with Crippen molar-refractivity contribution in [3.05, 3.63) is 0 Å². The first-order chi connectivity index (χ1) is 9.45. The van der Waals surface area contributed by atoms with Crippen LogP contribution in [0.1, 0.15) is 39.5 Å². The van der Waals surface area contributed by atoms with Crippen molar-refractivity contribution < 1.29 is 14.7 Å². The molecule has 0 aromatic carbocycles. The average molecular weight is 285 g/mol. The predicted molar refractivity (Wildman–Crippen MR) is 77.8 cm³/mol. The van der Waals surface area contributed by atoms with Gasteiger partial charge in [0.05, 0.1) is 0 Å². The van der Waals surface area contributed by atoms with Crippen molar-refractivity contribution in [3.63, 3.8) is 0 Å². The van der Waals surface area contributed by atoms with E-state index in [1.54, 1.807) is 6.92 Å². The first-order valence-electron chi connectivity index (χ1n) is 7.44. The number of carboxylic acids is 1. The summed E-state index contributed by atoms with van der Waals surface area (Å²) >= 11 is 0. The van der Waals surface area contributed by atoms with E-state index in [2.05, 4.69) is 10.2 Å². The summed E-state index contributed by atoms with van der Waals surface area (Å²) in [6, 6.07) is -1.06. The zero-order chi connectivity index (χ0) is 15.1. The molecule has 0 radical (unpaired) electrons. The first-order valence-corrected chi connectivity index (χ1v) is 7.44. The second-order valence-corrected chi connectivity index (χ2v) is 5.58. The van der Waals surface area contributed by atoms with Gasteiger partial charge in [-0.3, -0.25) is 0 Å². The molecule has 20 heavy (non-hydrogen) atoms. The van der Waals surface area contributed by atoms with Crippen LogP contribution in [0.5, 0.6) is 0 Å². The van der Waals surface area contributed by atoms with Crippen molar-refractivity contribution >= 4 is 12.0 Å². The number of rotatable bonds is 6. The normalized spacial score (nSPS) is 19.1. The van der Waals surface area contributed by atoms with Crippen molar-refractivity contribution in [2.75, 3.05) is 26.7 Å². The summed E-state index contributed by atoms with van der Waals surface area (Å²) in [6.07, 6.45) is 4.13. The van der Waals surface area contributed by atoms with Crippen molar-refractivity contribution in [3.8, 4) is 0 Å². The Labute approximate surface area is 121 Å². The summed E-state index contributed by atoms with van der Waals surface area (Å²) in [6.45, 7) is 6.72. The summed E-state index contributed by atoms with van der Waals surface area (Å²) in [4.78, 5) is 26.7. The molecular weight excluding hydrogens is 258 g/mol. The van der Waals surface area contributed by atoms with E-state index in [0.29, 0.717) is 6.42 Å². The summed E-state index contributed by atoms with van der Waals surface area (Å²) in [7, 11) is 1.53. The predicted octanol–water partition coefficient (Wildman–Crippen LogP) is 1.37. The molecule has 6 heteroatoms.